The molecule has 1 saturated heterocycles. The van der Waals surface area contributed by atoms with Gasteiger partial charge >= 0.3 is 0 Å². The van der Waals surface area contributed by atoms with Gasteiger partial charge in [0, 0.05) is 6.54 Å². The molecule has 1 aliphatic heterocycles. The van der Waals surface area contributed by atoms with Gasteiger partial charge in [-0.3, -0.25) is 9.59 Å². The maximum atomic E-state index is 11.1. The molecular weight excluding hydrogens is 144 g/mol. The number of amides is 2. The van der Waals surface area contributed by atoms with E-state index in [1.807, 2.05) is 13.8 Å². The van der Waals surface area contributed by atoms with E-state index in [2.05, 4.69) is 0 Å². The fraction of sp³-hybridized carbons (Fsp3) is 0.714. The number of nitrogens with two attached hydrogens (primary N) is 1. The largest absolute Gasteiger partial charge is 0.368 e. The highest BCUT2D eigenvalue weighted by Gasteiger charge is 2.44. The number of likely N-dealkylation sites (tertiary alicyclic amines) is 1. The number of β-lactam (4-membered cyclic amide) rings is 1. The standard InChI is InChI=1S/C7H12N2O2/c1-7(2)4-9(6(7)11)3-5(8)10/h3-4H2,1-2H3,(H2,8,10). The molecule has 4 heteroatoms. The molecule has 2 amide bonds. The molecule has 0 aromatic heterocycles. The van der Waals surface area contributed by atoms with Gasteiger partial charge in [-0.1, -0.05) is 0 Å². The van der Waals surface area contributed by atoms with Crippen LogP contribution in [-0.4, -0.2) is 29.8 Å². The Labute approximate surface area is 65.3 Å². The lowest BCUT2D eigenvalue weighted by atomic mass is 9.83. The minimum Gasteiger partial charge on any atom is -0.368 e. The van der Waals surface area contributed by atoms with Crippen LogP contribution in [0, 0.1) is 5.41 Å². The van der Waals surface area contributed by atoms with E-state index in [4.69, 9.17) is 5.73 Å². The van der Waals surface area contributed by atoms with Crippen LogP contribution in [0.1, 0.15) is 13.8 Å². The topological polar surface area (TPSA) is 63.4 Å². The van der Waals surface area contributed by atoms with E-state index >= 15 is 0 Å². The van der Waals surface area contributed by atoms with E-state index in [9.17, 15) is 9.59 Å². The first-order chi connectivity index (χ1) is 4.93. The number of carbonyl (C=O) groups excluding carboxylic acids is 2. The van der Waals surface area contributed by atoms with Crippen LogP contribution in [0.2, 0.25) is 0 Å². The molecule has 11 heavy (non-hydrogen) atoms. The first-order valence-electron chi connectivity index (χ1n) is 3.51. The van der Waals surface area contributed by atoms with Crippen molar-refractivity contribution in [3.05, 3.63) is 0 Å². The molecule has 0 bridgehead atoms. The van der Waals surface area contributed by atoms with Gasteiger partial charge in [-0.25, -0.2) is 0 Å². The van der Waals surface area contributed by atoms with Crippen LogP contribution in [0.3, 0.4) is 0 Å². The summed E-state index contributed by atoms with van der Waals surface area (Å²) in [6.45, 7) is 4.40. The summed E-state index contributed by atoms with van der Waals surface area (Å²) < 4.78 is 0. The third-order valence-electron chi connectivity index (χ3n) is 1.80. The molecule has 0 atom stereocenters. The van der Waals surface area contributed by atoms with Crippen molar-refractivity contribution in [1.29, 1.82) is 0 Å². The lowest BCUT2D eigenvalue weighted by molar-refractivity contribution is -0.158. The Morgan fingerprint density at radius 1 is 1.73 bits per heavy atom. The molecule has 0 unspecified atom stereocenters. The molecule has 0 spiro atoms. The zero-order valence-electron chi connectivity index (χ0n) is 6.76. The summed E-state index contributed by atoms with van der Waals surface area (Å²) in [6, 6.07) is 0. The SMILES string of the molecule is CC1(C)CN(CC(N)=O)C1=O. The first-order valence-corrected chi connectivity index (χ1v) is 3.51. The van der Waals surface area contributed by atoms with Gasteiger partial charge in [0.25, 0.3) is 0 Å². The van der Waals surface area contributed by atoms with Crippen molar-refractivity contribution in [2.45, 2.75) is 13.8 Å². The summed E-state index contributed by atoms with van der Waals surface area (Å²) >= 11 is 0. The van der Waals surface area contributed by atoms with E-state index in [0.29, 0.717) is 6.54 Å². The number of nitrogens with zero attached hydrogens (tertiary/aromatic N) is 1. The average Bonchev–Trinajstić information content (AvgIpc) is 1.85. The number of carbonyl (C=O) groups is 2. The maximum absolute atomic E-state index is 11.1. The molecule has 0 aromatic rings. The van der Waals surface area contributed by atoms with Crippen molar-refractivity contribution in [3.8, 4) is 0 Å². The average molecular weight is 156 g/mol. The van der Waals surface area contributed by atoms with E-state index in [0.717, 1.165) is 0 Å². The maximum Gasteiger partial charge on any atom is 0.237 e. The number of hydrogen-bond acceptors (Lipinski definition) is 2. The van der Waals surface area contributed by atoms with Crippen LogP contribution in [0.25, 0.3) is 0 Å². The smallest absolute Gasteiger partial charge is 0.237 e. The van der Waals surface area contributed by atoms with Crippen LogP contribution in [0.15, 0.2) is 0 Å². The second kappa shape index (κ2) is 2.22. The van der Waals surface area contributed by atoms with Gasteiger partial charge in [0.2, 0.25) is 11.8 Å². The normalized spacial score (nSPS) is 21.3. The van der Waals surface area contributed by atoms with Gasteiger partial charge in [-0.2, -0.15) is 0 Å². The lowest BCUT2D eigenvalue weighted by Gasteiger charge is -2.43. The number of hydrogen-bond donors (Lipinski definition) is 1. The lowest BCUT2D eigenvalue weighted by Crippen LogP contribution is -2.60. The second-order valence-electron chi connectivity index (χ2n) is 3.51. The number of rotatable bonds is 2. The molecule has 0 aliphatic carbocycles. The minimum absolute atomic E-state index is 0.0105. The minimum atomic E-state index is -0.450. The summed E-state index contributed by atoms with van der Waals surface area (Å²) in [7, 11) is 0. The van der Waals surface area contributed by atoms with Crippen molar-refractivity contribution >= 4 is 11.8 Å². The third kappa shape index (κ3) is 1.34. The molecular formula is C7H12N2O2. The van der Waals surface area contributed by atoms with Crippen LogP contribution >= 0.6 is 0 Å². The summed E-state index contributed by atoms with van der Waals surface area (Å²) in [4.78, 5) is 23.0. The highest BCUT2D eigenvalue weighted by atomic mass is 16.2. The Balaban J connectivity index is 2.46. The number of primary amides is 1. The molecule has 0 saturated carbocycles. The fourth-order valence-corrected chi connectivity index (χ4v) is 1.27. The van der Waals surface area contributed by atoms with E-state index < -0.39 is 5.91 Å². The van der Waals surface area contributed by atoms with Crippen LogP contribution in [0.5, 0.6) is 0 Å². The predicted octanol–water partition coefficient (Wildman–Crippen LogP) is -0.660. The Bertz CT molecular complexity index is 210. The quantitative estimate of drug-likeness (QED) is 0.539. The first kappa shape index (κ1) is 8.04. The molecule has 0 radical (unpaired) electrons. The van der Waals surface area contributed by atoms with E-state index in [-0.39, 0.29) is 17.9 Å². The van der Waals surface area contributed by atoms with Gasteiger partial charge in [0.15, 0.2) is 0 Å². The molecule has 4 nitrogen and oxygen atoms in total. The highest BCUT2D eigenvalue weighted by Crippen LogP contribution is 2.29. The Morgan fingerprint density at radius 3 is 2.55 bits per heavy atom. The Kier molecular flexibility index (Phi) is 1.62. The van der Waals surface area contributed by atoms with Gasteiger partial charge < -0.3 is 10.6 Å². The summed E-state index contributed by atoms with van der Waals surface area (Å²) in [6.07, 6.45) is 0. The van der Waals surface area contributed by atoms with Crippen molar-refractivity contribution < 1.29 is 9.59 Å². The Hall–Kier alpha value is -1.06. The van der Waals surface area contributed by atoms with E-state index in [1.165, 1.54) is 4.90 Å². The van der Waals surface area contributed by atoms with Gasteiger partial charge in [0.05, 0.1) is 12.0 Å². The van der Waals surface area contributed by atoms with Gasteiger partial charge in [-0.15, -0.1) is 0 Å². The summed E-state index contributed by atoms with van der Waals surface area (Å²) in [5.41, 5.74) is 4.64. The molecule has 2 N–H and O–H groups in total. The van der Waals surface area contributed by atoms with Crippen LogP contribution in [0.4, 0.5) is 0 Å². The molecule has 0 aromatic carbocycles. The zero-order valence-corrected chi connectivity index (χ0v) is 6.76. The fourth-order valence-electron chi connectivity index (χ4n) is 1.27. The van der Waals surface area contributed by atoms with Crippen LogP contribution in [-0.2, 0) is 9.59 Å². The second-order valence-corrected chi connectivity index (χ2v) is 3.51. The summed E-state index contributed by atoms with van der Waals surface area (Å²) in [5.74, 6) is -0.440. The van der Waals surface area contributed by atoms with Crippen molar-refractivity contribution in [1.82, 2.24) is 4.90 Å². The molecule has 1 aliphatic rings. The monoisotopic (exact) mass is 156 g/mol. The predicted molar refractivity (Wildman–Crippen MR) is 39.6 cm³/mol. The van der Waals surface area contributed by atoms with Gasteiger partial charge in [0.1, 0.15) is 0 Å². The van der Waals surface area contributed by atoms with Crippen molar-refractivity contribution in [2.24, 2.45) is 11.1 Å². The van der Waals surface area contributed by atoms with E-state index in [1.54, 1.807) is 0 Å². The molecule has 1 fully saturated rings. The third-order valence-corrected chi connectivity index (χ3v) is 1.80. The van der Waals surface area contributed by atoms with Gasteiger partial charge in [-0.05, 0) is 13.8 Å². The van der Waals surface area contributed by atoms with Crippen molar-refractivity contribution in [2.75, 3.05) is 13.1 Å². The molecule has 1 rings (SSSR count). The van der Waals surface area contributed by atoms with Crippen LogP contribution < -0.4 is 5.73 Å². The summed E-state index contributed by atoms with van der Waals surface area (Å²) in [5, 5.41) is 0. The Morgan fingerprint density at radius 2 is 2.27 bits per heavy atom. The highest BCUT2D eigenvalue weighted by molar-refractivity contribution is 5.91. The van der Waals surface area contributed by atoms with Crippen molar-refractivity contribution in [3.63, 3.8) is 0 Å². The molecule has 1 heterocycles. The molecule has 62 valence electrons. The zero-order chi connectivity index (χ0) is 8.65.